The maximum atomic E-state index is 12.6. The molecule has 3 heterocycles. The van der Waals surface area contributed by atoms with Crippen molar-refractivity contribution in [2.75, 3.05) is 20.2 Å². The van der Waals surface area contributed by atoms with Gasteiger partial charge in [-0.15, -0.1) is 11.3 Å². The summed E-state index contributed by atoms with van der Waals surface area (Å²) in [4.78, 5) is 26.2. The van der Waals surface area contributed by atoms with Crippen molar-refractivity contribution in [1.29, 1.82) is 0 Å². The van der Waals surface area contributed by atoms with Crippen LogP contribution in [0, 0.1) is 6.92 Å². The first-order chi connectivity index (χ1) is 11.5. The third kappa shape index (κ3) is 2.89. The lowest BCUT2D eigenvalue weighted by Gasteiger charge is -2.32. The van der Waals surface area contributed by atoms with Crippen LogP contribution in [0.5, 0.6) is 5.75 Å². The predicted molar refractivity (Wildman–Crippen MR) is 89.0 cm³/mol. The first-order valence-corrected chi connectivity index (χ1v) is 8.59. The van der Waals surface area contributed by atoms with Gasteiger partial charge in [0.1, 0.15) is 16.2 Å². The highest BCUT2D eigenvalue weighted by molar-refractivity contribution is 7.12. The van der Waals surface area contributed by atoms with Crippen molar-refractivity contribution in [3.8, 4) is 5.75 Å². The topological polar surface area (TPSA) is 84.7 Å². The zero-order chi connectivity index (χ0) is 17.3. The molecule has 1 saturated heterocycles. The van der Waals surface area contributed by atoms with Crippen molar-refractivity contribution >= 4 is 23.2 Å². The van der Waals surface area contributed by atoms with E-state index in [0.29, 0.717) is 29.4 Å². The lowest BCUT2D eigenvalue weighted by Crippen LogP contribution is -2.39. The van der Waals surface area contributed by atoms with Crippen LogP contribution in [-0.4, -0.2) is 51.9 Å². The molecule has 1 amide bonds. The average molecular weight is 349 g/mol. The number of amides is 1. The smallest absolute Gasteiger partial charge is 0.339 e. The third-order valence-corrected chi connectivity index (χ3v) is 5.30. The van der Waals surface area contributed by atoms with Crippen molar-refractivity contribution in [2.45, 2.75) is 25.8 Å². The van der Waals surface area contributed by atoms with E-state index >= 15 is 0 Å². The van der Waals surface area contributed by atoms with Gasteiger partial charge in [0.05, 0.1) is 25.0 Å². The van der Waals surface area contributed by atoms with Crippen LogP contribution in [0.25, 0.3) is 0 Å². The normalized spacial score (nSPS) is 15.5. The highest BCUT2D eigenvalue weighted by atomic mass is 32.1. The third-order valence-electron chi connectivity index (χ3n) is 4.42. The molecule has 3 rings (SSSR count). The first-order valence-electron chi connectivity index (χ1n) is 7.71. The molecule has 0 saturated carbocycles. The van der Waals surface area contributed by atoms with Crippen molar-refractivity contribution < 1.29 is 19.4 Å². The Labute approximate surface area is 143 Å². The van der Waals surface area contributed by atoms with Crippen LogP contribution in [0.4, 0.5) is 0 Å². The lowest BCUT2D eigenvalue weighted by molar-refractivity contribution is 0.0689. The second-order valence-electron chi connectivity index (χ2n) is 5.73. The van der Waals surface area contributed by atoms with E-state index in [9.17, 15) is 9.59 Å². The molecule has 1 fully saturated rings. The Morgan fingerprint density at radius 3 is 2.67 bits per heavy atom. The minimum Gasteiger partial charge on any atom is -0.495 e. The van der Waals surface area contributed by atoms with E-state index in [0.717, 1.165) is 12.8 Å². The summed E-state index contributed by atoms with van der Waals surface area (Å²) in [6.45, 7) is 3.00. The van der Waals surface area contributed by atoms with Gasteiger partial charge >= 0.3 is 5.97 Å². The highest BCUT2D eigenvalue weighted by Gasteiger charge is 2.28. The molecule has 1 aliphatic heterocycles. The number of carboxylic acids is 1. The van der Waals surface area contributed by atoms with Crippen LogP contribution in [0.2, 0.25) is 0 Å². The van der Waals surface area contributed by atoms with E-state index in [4.69, 9.17) is 9.84 Å². The van der Waals surface area contributed by atoms with Crippen LogP contribution in [0.1, 0.15) is 44.6 Å². The van der Waals surface area contributed by atoms with Gasteiger partial charge in [0, 0.05) is 13.1 Å². The van der Waals surface area contributed by atoms with Crippen molar-refractivity contribution in [3.05, 3.63) is 33.8 Å². The zero-order valence-corrected chi connectivity index (χ0v) is 14.4. The van der Waals surface area contributed by atoms with Crippen molar-refractivity contribution in [2.24, 2.45) is 0 Å². The van der Waals surface area contributed by atoms with E-state index in [1.165, 1.54) is 17.5 Å². The molecule has 1 N–H and O–H groups in total. The molecule has 2 aromatic rings. The molecule has 8 heteroatoms. The maximum Gasteiger partial charge on any atom is 0.339 e. The Kier molecular flexibility index (Phi) is 4.57. The average Bonchev–Trinajstić information content (AvgIpc) is 3.20. The van der Waals surface area contributed by atoms with Gasteiger partial charge in [0.15, 0.2) is 0 Å². The molecule has 0 atom stereocenters. The van der Waals surface area contributed by atoms with Crippen LogP contribution >= 0.6 is 11.3 Å². The summed E-state index contributed by atoms with van der Waals surface area (Å²) in [5.74, 6) is -0.360. The molecule has 0 bridgehead atoms. The van der Waals surface area contributed by atoms with Crippen molar-refractivity contribution in [1.82, 2.24) is 14.7 Å². The van der Waals surface area contributed by atoms with Crippen molar-refractivity contribution in [3.63, 3.8) is 0 Å². The number of thiophene rings is 1. The maximum absolute atomic E-state index is 12.6. The summed E-state index contributed by atoms with van der Waals surface area (Å²) in [6.07, 6.45) is 2.90. The summed E-state index contributed by atoms with van der Waals surface area (Å²) in [5.41, 5.74) is 0.893. The molecule has 0 unspecified atom stereocenters. The Hall–Kier alpha value is -2.35. The molecule has 0 aliphatic carbocycles. The van der Waals surface area contributed by atoms with E-state index in [2.05, 4.69) is 5.10 Å². The SMILES string of the molecule is COc1ccsc1C(=O)N1CCC(n2ncc(C(=O)O)c2C)CC1. The number of carboxylic acid groups (broad SMARTS) is 1. The number of aromatic carboxylic acids is 1. The Morgan fingerprint density at radius 1 is 1.38 bits per heavy atom. The zero-order valence-electron chi connectivity index (χ0n) is 13.6. The number of ether oxygens (including phenoxy) is 1. The number of aromatic nitrogens is 2. The second kappa shape index (κ2) is 6.64. The largest absolute Gasteiger partial charge is 0.495 e. The molecule has 0 aromatic carbocycles. The fraction of sp³-hybridized carbons (Fsp3) is 0.438. The Morgan fingerprint density at radius 2 is 2.08 bits per heavy atom. The van der Waals surface area contributed by atoms with Gasteiger partial charge in [-0.3, -0.25) is 9.48 Å². The molecule has 0 spiro atoms. The predicted octanol–water partition coefficient (Wildman–Crippen LogP) is 2.44. The van der Waals surface area contributed by atoms with Gasteiger partial charge in [-0.25, -0.2) is 4.79 Å². The molecular formula is C16H19N3O4S. The van der Waals surface area contributed by atoms with Crippen LogP contribution in [0.15, 0.2) is 17.6 Å². The summed E-state index contributed by atoms with van der Waals surface area (Å²) >= 11 is 1.38. The number of nitrogens with zero attached hydrogens (tertiary/aromatic N) is 3. The summed E-state index contributed by atoms with van der Waals surface area (Å²) < 4.78 is 7.00. The van der Waals surface area contributed by atoms with E-state index < -0.39 is 5.97 Å². The van der Waals surface area contributed by atoms with E-state index in [-0.39, 0.29) is 17.5 Å². The number of piperidine rings is 1. The number of carbonyl (C=O) groups excluding carboxylic acids is 1. The minimum absolute atomic E-state index is 0.0105. The van der Waals surface area contributed by atoms with E-state index in [1.807, 2.05) is 10.3 Å². The summed E-state index contributed by atoms with van der Waals surface area (Å²) in [7, 11) is 1.56. The number of hydrogen-bond acceptors (Lipinski definition) is 5. The number of methoxy groups -OCH3 is 1. The number of hydrogen-bond donors (Lipinski definition) is 1. The molecule has 1 aliphatic rings. The van der Waals surface area contributed by atoms with Crippen LogP contribution < -0.4 is 4.74 Å². The molecule has 7 nitrogen and oxygen atoms in total. The first kappa shape index (κ1) is 16.5. The van der Waals surface area contributed by atoms with Crippen LogP contribution in [0.3, 0.4) is 0 Å². The summed E-state index contributed by atoms with van der Waals surface area (Å²) in [6, 6.07) is 1.91. The highest BCUT2D eigenvalue weighted by Crippen LogP contribution is 2.29. The van der Waals surface area contributed by atoms with Crippen LogP contribution in [-0.2, 0) is 0 Å². The molecular weight excluding hydrogens is 330 g/mol. The number of carbonyl (C=O) groups is 2. The van der Waals surface area contributed by atoms with Gasteiger partial charge < -0.3 is 14.7 Å². The fourth-order valence-corrected chi connectivity index (χ4v) is 3.90. The summed E-state index contributed by atoms with van der Waals surface area (Å²) in [5, 5.41) is 15.2. The van der Waals surface area contributed by atoms with Gasteiger partial charge in [0.25, 0.3) is 5.91 Å². The molecule has 2 aromatic heterocycles. The fourth-order valence-electron chi connectivity index (χ4n) is 3.07. The lowest BCUT2D eigenvalue weighted by atomic mass is 10.0. The Balaban J connectivity index is 1.68. The standard InChI is InChI=1S/C16H19N3O4S/c1-10-12(16(21)22)9-17-19(10)11-3-6-18(7-4-11)15(20)14-13(23-2)5-8-24-14/h5,8-9,11H,3-4,6-7H2,1-2H3,(H,21,22). The second-order valence-corrected chi connectivity index (χ2v) is 6.65. The van der Waals surface area contributed by atoms with Gasteiger partial charge in [-0.05, 0) is 31.2 Å². The number of likely N-dealkylation sites (tertiary alicyclic amines) is 1. The van der Waals surface area contributed by atoms with Gasteiger partial charge in [-0.1, -0.05) is 0 Å². The minimum atomic E-state index is -0.962. The molecule has 128 valence electrons. The Bertz CT molecular complexity index is 759. The van der Waals surface area contributed by atoms with E-state index in [1.54, 1.807) is 24.8 Å². The number of rotatable bonds is 4. The molecule has 0 radical (unpaired) electrons. The van der Waals surface area contributed by atoms with Gasteiger partial charge in [-0.2, -0.15) is 5.10 Å². The monoisotopic (exact) mass is 349 g/mol. The van der Waals surface area contributed by atoms with Gasteiger partial charge in [0.2, 0.25) is 0 Å². The molecule has 24 heavy (non-hydrogen) atoms. The quantitative estimate of drug-likeness (QED) is 0.916.